The van der Waals surface area contributed by atoms with E-state index in [1.165, 1.54) is 55.0 Å². The second-order valence-electron chi connectivity index (χ2n) is 15.0. The van der Waals surface area contributed by atoms with Crippen molar-refractivity contribution < 1.29 is 30.0 Å². The number of aryl methyl sites for hydroxylation is 2. The summed E-state index contributed by atoms with van der Waals surface area (Å²) in [4.78, 5) is 17.3. The molecule has 1 aromatic heterocycles. The minimum atomic E-state index is -0.0148. The van der Waals surface area contributed by atoms with Gasteiger partial charge in [-0.1, -0.05) is 71.2 Å². The zero-order valence-corrected chi connectivity index (χ0v) is 29.5. The Balaban J connectivity index is 0.000000171. The van der Waals surface area contributed by atoms with Gasteiger partial charge in [-0.3, -0.25) is 9.78 Å². The Kier molecular flexibility index (Phi) is 10.5. The number of carbonyl (C=O) groups excluding carboxylic acids is 1. The van der Waals surface area contributed by atoms with Gasteiger partial charge in [0.2, 0.25) is 0 Å². The number of aliphatic hydroxyl groups is 1. The topological polar surface area (TPSA) is 50.2 Å². The van der Waals surface area contributed by atoms with E-state index in [0.29, 0.717) is 11.7 Å². The maximum Gasteiger partial charge on any atom is 0.162 e. The third-order valence-electron chi connectivity index (χ3n) is 10.7. The van der Waals surface area contributed by atoms with Gasteiger partial charge in [-0.15, -0.1) is 34.9 Å². The van der Waals surface area contributed by atoms with Gasteiger partial charge in [-0.05, 0) is 98.8 Å². The first-order valence-electron chi connectivity index (χ1n) is 17.0. The molecule has 5 aliphatic carbocycles. The Bertz CT molecular complexity index is 1440. The number of hydrogen-bond donors (Lipinski definition) is 1. The monoisotopic (exact) mass is 769 g/mol. The summed E-state index contributed by atoms with van der Waals surface area (Å²) in [6, 6.07) is 18.5. The Morgan fingerprint density at radius 2 is 1.64 bits per heavy atom. The van der Waals surface area contributed by atoms with Gasteiger partial charge in [0.05, 0.1) is 5.52 Å². The molecule has 0 unspecified atom stereocenters. The molecule has 0 aliphatic heterocycles. The number of rotatable bonds is 6. The fraction of sp³-hybridized carbons (Fsp3) is 0.550. The molecule has 0 atom stereocenters. The molecule has 5 fully saturated rings. The quantitative estimate of drug-likeness (QED) is 0.154. The van der Waals surface area contributed by atoms with E-state index in [1.807, 2.05) is 0 Å². The van der Waals surface area contributed by atoms with E-state index in [0.717, 1.165) is 78.6 Å². The number of fused-ring (bicyclic) bond motifs is 1. The molecule has 2 aromatic carbocycles. The smallest absolute Gasteiger partial charge is 0.162 e. The first-order valence-corrected chi connectivity index (χ1v) is 17.0. The standard InChI is InChI=1S/C21H22N.C19H28O2.Ir/c1-14(2)10-17-6-5-7-21-19(17)8-9-20(22-21)18-12-15(3)11-16(4)13-18;20-17(16-4-2-1-3-5-16)9-18(21)19-10-13-6-14(11-19)8-15(7-13)12-19;/h5-9,11-12,14H,10H2,1-4H3;9,13-16,21H,1-8,10-12H2;/q-1;;/b;18-9-;. The van der Waals surface area contributed by atoms with Crippen LogP contribution in [0.15, 0.2) is 54.3 Å². The van der Waals surface area contributed by atoms with Gasteiger partial charge in [0.15, 0.2) is 5.78 Å². The van der Waals surface area contributed by atoms with Crippen molar-refractivity contribution in [2.45, 2.75) is 105 Å². The minimum absolute atomic E-state index is 0. The fourth-order valence-corrected chi connectivity index (χ4v) is 9.24. The van der Waals surface area contributed by atoms with Crippen LogP contribution in [0.2, 0.25) is 0 Å². The number of hydrogen-bond acceptors (Lipinski definition) is 3. The van der Waals surface area contributed by atoms with E-state index in [1.54, 1.807) is 6.08 Å². The second kappa shape index (κ2) is 14.0. The van der Waals surface area contributed by atoms with E-state index in [9.17, 15) is 9.90 Å². The second-order valence-corrected chi connectivity index (χ2v) is 15.0. The molecule has 237 valence electrons. The van der Waals surface area contributed by atoms with Crippen LogP contribution in [0.25, 0.3) is 22.2 Å². The van der Waals surface area contributed by atoms with Crippen molar-refractivity contribution in [2.24, 2.45) is 35.0 Å². The number of ketones is 1. The van der Waals surface area contributed by atoms with Crippen molar-refractivity contribution in [3.63, 3.8) is 0 Å². The molecule has 1 heterocycles. The Hall–Kier alpha value is -2.29. The van der Waals surface area contributed by atoms with Gasteiger partial charge < -0.3 is 5.11 Å². The van der Waals surface area contributed by atoms with Crippen molar-refractivity contribution in [1.82, 2.24) is 4.98 Å². The predicted octanol–water partition coefficient (Wildman–Crippen LogP) is 10.3. The van der Waals surface area contributed by atoms with Gasteiger partial charge in [-0.2, -0.15) is 0 Å². The van der Waals surface area contributed by atoms with Crippen LogP contribution in [0.5, 0.6) is 0 Å². The molecular weight excluding hydrogens is 719 g/mol. The van der Waals surface area contributed by atoms with Crippen LogP contribution in [0.1, 0.15) is 101 Å². The van der Waals surface area contributed by atoms with Gasteiger partial charge in [0, 0.05) is 42.9 Å². The van der Waals surface area contributed by atoms with Crippen LogP contribution in [0.3, 0.4) is 0 Å². The molecule has 4 heteroatoms. The molecule has 1 radical (unpaired) electrons. The number of aromatic nitrogens is 1. The summed E-state index contributed by atoms with van der Waals surface area (Å²) in [5.41, 5.74) is 6.93. The summed E-state index contributed by atoms with van der Waals surface area (Å²) in [5.74, 6) is 3.96. The average molecular weight is 769 g/mol. The Labute approximate surface area is 278 Å². The summed E-state index contributed by atoms with van der Waals surface area (Å²) >= 11 is 0. The Morgan fingerprint density at radius 3 is 2.25 bits per heavy atom. The summed E-state index contributed by atoms with van der Waals surface area (Å²) < 4.78 is 0. The molecule has 3 nitrogen and oxygen atoms in total. The van der Waals surface area contributed by atoms with E-state index < -0.39 is 0 Å². The summed E-state index contributed by atoms with van der Waals surface area (Å²) in [5, 5.41) is 12.0. The van der Waals surface area contributed by atoms with Gasteiger partial charge >= 0.3 is 0 Å². The molecule has 0 saturated heterocycles. The molecule has 0 spiro atoms. The number of benzene rings is 2. The van der Waals surface area contributed by atoms with Crippen molar-refractivity contribution in [3.8, 4) is 11.3 Å². The third-order valence-corrected chi connectivity index (χ3v) is 10.7. The zero-order chi connectivity index (χ0) is 30.1. The normalized spacial score (nSPS) is 26.3. The summed E-state index contributed by atoms with van der Waals surface area (Å²) in [6.45, 7) is 8.71. The maximum absolute atomic E-state index is 12.5. The molecule has 44 heavy (non-hydrogen) atoms. The number of pyridine rings is 1. The first-order chi connectivity index (χ1) is 20.7. The van der Waals surface area contributed by atoms with E-state index in [-0.39, 0.29) is 37.2 Å². The van der Waals surface area contributed by atoms with Crippen molar-refractivity contribution in [1.29, 1.82) is 0 Å². The van der Waals surface area contributed by atoms with Crippen LogP contribution in [-0.4, -0.2) is 15.9 Å². The van der Waals surface area contributed by atoms with Crippen LogP contribution in [-0.2, 0) is 31.3 Å². The van der Waals surface area contributed by atoms with Crippen LogP contribution < -0.4 is 0 Å². The summed E-state index contributed by atoms with van der Waals surface area (Å²) in [6.07, 6.45) is 16.0. The molecule has 4 bridgehead atoms. The zero-order valence-electron chi connectivity index (χ0n) is 27.1. The van der Waals surface area contributed by atoms with Crippen molar-refractivity contribution >= 4 is 16.7 Å². The molecule has 8 rings (SSSR count). The first kappa shape index (κ1) is 33.1. The molecule has 5 aliphatic rings. The van der Waals surface area contributed by atoms with Crippen molar-refractivity contribution in [3.05, 3.63) is 77.1 Å². The van der Waals surface area contributed by atoms with E-state index in [4.69, 9.17) is 4.98 Å². The molecular formula is C40H50IrNO2-. The molecule has 0 amide bonds. The van der Waals surface area contributed by atoms with Gasteiger partial charge in [0.1, 0.15) is 5.76 Å². The van der Waals surface area contributed by atoms with E-state index in [2.05, 4.69) is 76.2 Å². The number of aliphatic hydroxyl groups excluding tert-OH is 1. The number of carbonyl (C=O) groups is 1. The Morgan fingerprint density at radius 1 is 0.977 bits per heavy atom. The third kappa shape index (κ3) is 7.39. The number of nitrogens with zero attached hydrogens (tertiary/aromatic N) is 1. The largest absolute Gasteiger partial charge is 0.512 e. The number of allylic oxidation sites excluding steroid dienone is 2. The summed E-state index contributed by atoms with van der Waals surface area (Å²) in [7, 11) is 0. The average Bonchev–Trinajstić information content (AvgIpc) is 2.96. The van der Waals surface area contributed by atoms with Crippen molar-refractivity contribution in [2.75, 3.05) is 0 Å². The SMILES string of the molecule is Cc1[c-]c(-c2ccc3c(CC(C)C)cccc3n2)cc(C)c1.O=C(/C=C(\O)C12CC3CC(CC(C3)C1)C2)C1CCCCC1.[Ir]. The van der Waals surface area contributed by atoms with Gasteiger partial charge in [-0.25, -0.2) is 0 Å². The van der Waals surface area contributed by atoms with Gasteiger partial charge in [0.25, 0.3) is 0 Å². The van der Waals surface area contributed by atoms with Crippen LogP contribution >= 0.6 is 0 Å². The maximum atomic E-state index is 12.5. The minimum Gasteiger partial charge on any atom is -0.512 e. The fourth-order valence-electron chi connectivity index (χ4n) is 9.24. The van der Waals surface area contributed by atoms with Crippen LogP contribution in [0, 0.1) is 54.9 Å². The van der Waals surface area contributed by atoms with E-state index >= 15 is 0 Å². The molecule has 1 N–H and O–H groups in total. The molecule has 5 saturated carbocycles. The molecule has 3 aromatic rings. The predicted molar refractivity (Wildman–Crippen MR) is 177 cm³/mol. The van der Waals surface area contributed by atoms with Crippen LogP contribution in [0.4, 0.5) is 0 Å².